The van der Waals surface area contributed by atoms with Crippen molar-refractivity contribution in [1.82, 2.24) is 0 Å². The summed E-state index contributed by atoms with van der Waals surface area (Å²) < 4.78 is 15.8. The minimum Gasteiger partial charge on any atom is -0.481 e. The number of carboxylic acid groups (broad SMARTS) is 1. The molecule has 0 spiro atoms. The Morgan fingerprint density at radius 3 is 2.53 bits per heavy atom. The Morgan fingerprint density at radius 1 is 1.24 bits per heavy atom. The molecule has 1 aliphatic rings. The van der Waals surface area contributed by atoms with E-state index in [0.717, 1.165) is 25.7 Å². The molecule has 5 heteroatoms. The van der Waals surface area contributed by atoms with Crippen LogP contribution in [0.2, 0.25) is 0 Å². The van der Waals surface area contributed by atoms with Crippen LogP contribution >= 0.6 is 0 Å². The van der Waals surface area contributed by atoms with Gasteiger partial charge in [-0.05, 0) is 25.7 Å². The molecule has 100 valence electrons. The van der Waals surface area contributed by atoms with Gasteiger partial charge in [-0.1, -0.05) is 0 Å². The number of aliphatic carboxylic acids is 1. The number of ether oxygens (including phenoxy) is 3. The van der Waals surface area contributed by atoms with Crippen molar-refractivity contribution in [3.63, 3.8) is 0 Å². The van der Waals surface area contributed by atoms with Gasteiger partial charge in [-0.25, -0.2) is 0 Å². The standard InChI is InChI=1S/C12H22O5/c1-15-8-9-16-6-3-7-17-12(4-2-5-12)10-11(13)14/h2-10H2,1H3,(H,13,14). The topological polar surface area (TPSA) is 65.0 Å². The lowest BCUT2D eigenvalue weighted by Gasteiger charge is -2.40. The molecule has 0 aliphatic heterocycles. The molecule has 0 bridgehead atoms. The van der Waals surface area contributed by atoms with E-state index in [1.807, 2.05) is 0 Å². The maximum atomic E-state index is 10.7. The molecule has 0 saturated heterocycles. The third kappa shape index (κ3) is 5.48. The van der Waals surface area contributed by atoms with Crippen LogP contribution in [-0.4, -0.2) is 50.2 Å². The molecule has 17 heavy (non-hydrogen) atoms. The lowest BCUT2D eigenvalue weighted by molar-refractivity contribution is -0.155. The average molecular weight is 246 g/mol. The first-order valence-corrected chi connectivity index (χ1v) is 6.11. The molecule has 0 aromatic carbocycles. The zero-order valence-electron chi connectivity index (χ0n) is 10.4. The van der Waals surface area contributed by atoms with Crippen molar-refractivity contribution in [3.05, 3.63) is 0 Å². The SMILES string of the molecule is COCCOCCCOC1(CC(=O)O)CCC1. The Kier molecular flexibility index (Phi) is 6.47. The van der Waals surface area contributed by atoms with E-state index in [0.29, 0.717) is 26.4 Å². The third-order valence-electron chi connectivity index (χ3n) is 3.01. The fourth-order valence-electron chi connectivity index (χ4n) is 1.91. The van der Waals surface area contributed by atoms with Gasteiger partial charge < -0.3 is 19.3 Å². The Morgan fingerprint density at radius 2 is 2.00 bits per heavy atom. The number of carboxylic acids is 1. The first kappa shape index (κ1) is 14.4. The molecule has 0 aromatic rings. The van der Waals surface area contributed by atoms with Gasteiger partial charge in [0.15, 0.2) is 0 Å². The summed E-state index contributed by atoms with van der Waals surface area (Å²) in [6, 6.07) is 0. The first-order valence-electron chi connectivity index (χ1n) is 6.11. The summed E-state index contributed by atoms with van der Waals surface area (Å²) in [5.74, 6) is -0.777. The molecule has 0 heterocycles. The quantitative estimate of drug-likeness (QED) is 0.591. The maximum absolute atomic E-state index is 10.7. The van der Waals surface area contributed by atoms with E-state index in [2.05, 4.69) is 0 Å². The van der Waals surface area contributed by atoms with Gasteiger partial charge in [0.05, 0.1) is 25.2 Å². The Labute approximate surface area is 102 Å². The lowest BCUT2D eigenvalue weighted by Crippen LogP contribution is -2.42. The van der Waals surface area contributed by atoms with Crippen LogP contribution in [-0.2, 0) is 19.0 Å². The van der Waals surface area contributed by atoms with Crippen LogP contribution in [0.5, 0.6) is 0 Å². The van der Waals surface area contributed by atoms with E-state index in [-0.39, 0.29) is 6.42 Å². The van der Waals surface area contributed by atoms with Gasteiger partial charge in [0, 0.05) is 20.3 Å². The minimum atomic E-state index is -0.777. The van der Waals surface area contributed by atoms with Crippen LogP contribution in [0.25, 0.3) is 0 Å². The van der Waals surface area contributed by atoms with Crippen LogP contribution in [0.15, 0.2) is 0 Å². The Balaban J connectivity index is 2.02. The Bertz CT molecular complexity index is 225. The Hall–Kier alpha value is -0.650. The van der Waals surface area contributed by atoms with Gasteiger partial charge >= 0.3 is 5.97 Å². The average Bonchev–Trinajstić information content (AvgIpc) is 2.23. The van der Waals surface area contributed by atoms with E-state index in [1.165, 1.54) is 0 Å². The van der Waals surface area contributed by atoms with Gasteiger partial charge in [0.2, 0.25) is 0 Å². The molecular weight excluding hydrogens is 224 g/mol. The summed E-state index contributed by atoms with van der Waals surface area (Å²) in [6.45, 7) is 2.40. The highest BCUT2D eigenvalue weighted by atomic mass is 16.5. The van der Waals surface area contributed by atoms with E-state index in [4.69, 9.17) is 19.3 Å². The fourth-order valence-corrected chi connectivity index (χ4v) is 1.91. The highest BCUT2D eigenvalue weighted by Gasteiger charge is 2.39. The number of rotatable bonds is 10. The van der Waals surface area contributed by atoms with Crippen LogP contribution in [0.1, 0.15) is 32.1 Å². The predicted molar refractivity (Wildman–Crippen MR) is 62.1 cm³/mol. The van der Waals surface area contributed by atoms with Crippen molar-refractivity contribution >= 4 is 5.97 Å². The van der Waals surface area contributed by atoms with Crippen molar-refractivity contribution in [2.24, 2.45) is 0 Å². The van der Waals surface area contributed by atoms with Crippen molar-refractivity contribution in [2.45, 2.75) is 37.7 Å². The second-order valence-electron chi connectivity index (χ2n) is 4.41. The molecule has 0 amide bonds. The molecule has 1 saturated carbocycles. The van der Waals surface area contributed by atoms with Gasteiger partial charge in [-0.3, -0.25) is 4.79 Å². The van der Waals surface area contributed by atoms with Gasteiger partial charge in [0.25, 0.3) is 0 Å². The second kappa shape index (κ2) is 7.63. The highest BCUT2D eigenvalue weighted by Crippen LogP contribution is 2.38. The molecule has 1 fully saturated rings. The van der Waals surface area contributed by atoms with Gasteiger partial charge in [-0.15, -0.1) is 0 Å². The summed E-state index contributed by atoms with van der Waals surface area (Å²) in [4.78, 5) is 10.7. The molecule has 1 N–H and O–H groups in total. The summed E-state index contributed by atoms with van der Waals surface area (Å²) >= 11 is 0. The van der Waals surface area contributed by atoms with Crippen LogP contribution in [0, 0.1) is 0 Å². The number of methoxy groups -OCH3 is 1. The monoisotopic (exact) mass is 246 g/mol. The van der Waals surface area contributed by atoms with Crippen molar-refractivity contribution in [2.75, 3.05) is 33.5 Å². The summed E-state index contributed by atoms with van der Waals surface area (Å²) in [5.41, 5.74) is -0.391. The molecule has 0 aromatic heterocycles. The zero-order chi connectivity index (χ0) is 12.6. The highest BCUT2D eigenvalue weighted by molar-refractivity contribution is 5.68. The lowest BCUT2D eigenvalue weighted by atomic mass is 9.77. The first-order chi connectivity index (χ1) is 8.18. The van der Waals surface area contributed by atoms with E-state index in [1.54, 1.807) is 7.11 Å². The van der Waals surface area contributed by atoms with Crippen LogP contribution in [0.4, 0.5) is 0 Å². The van der Waals surface area contributed by atoms with Crippen molar-refractivity contribution in [1.29, 1.82) is 0 Å². The largest absolute Gasteiger partial charge is 0.481 e. The third-order valence-corrected chi connectivity index (χ3v) is 3.01. The van der Waals surface area contributed by atoms with E-state index >= 15 is 0 Å². The molecule has 0 atom stereocenters. The zero-order valence-corrected chi connectivity index (χ0v) is 10.4. The van der Waals surface area contributed by atoms with Crippen LogP contribution < -0.4 is 0 Å². The molecule has 0 unspecified atom stereocenters. The molecule has 5 nitrogen and oxygen atoms in total. The van der Waals surface area contributed by atoms with Gasteiger partial charge in [0.1, 0.15) is 0 Å². The van der Waals surface area contributed by atoms with Crippen LogP contribution in [0.3, 0.4) is 0 Å². The summed E-state index contributed by atoms with van der Waals surface area (Å²) in [7, 11) is 1.64. The van der Waals surface area contributed by atoms with E-state index in [9.17, 15) is 4.79 Å². The molecule has 0 radical (unpaired) electrons. The molecule has 1 rings (SSSR count). The molecular formula is C12H22O5. The predicted octanol–water partition coefficient (Wildman–Crippen LogP) is 1.45. The minimum absolute atomic E-state index is 0.123. The maximum Gasteiger partial charge on any atom is 0.306 e. The summed E-state index contributed by atoms with van der Waals surface area (Å²) in [6.07, 6.45) is 3.72. The number of carbonyl (C=O) groups is 1. The normalized spacial score (nSPS) is 17.7. The van der Waals surface area contributed by atoms with Crippen molar-refractivity contribution in [3.8, 4) is 0 Å². The smallest absolute Gasteiger partial charge is 0.306 e. The van der Waals surface area contributed by atoms with Gasteiger partial charge in [-0.2, -0.15) is 0 Å². The van der Waals surface area contributed by atoms with Crippen molar-refractivity contribution < 1.29 is 24.1 Å². The number of hydrogen-bond acceptors (Lipinski definition) is 4. The van der Waals surface area contributed by atoms with E-state index < -0.39 is 11.6 Å². The molecule has 1 aliphatic carbocycles. The fraction of sp³-hybridized carbons (Fsp3) is 0.917. The second-order valence-corrected chi connectivity index (χ2v) is 4.41. The number of hydrogen-bond donors (Lipinski definition) is 1. The summed E-state index contributed by atoms with van der Waals surface area (Å²) in [5, 5.41) is 8.80.